The number of carbonyl (C=O) groups is 1. The first-order valence-electron chi connectivity index (χ1n) is 12.3. The maximum atomic E-state index is 13.8. The van der Waals surface area contributed by atoms with Crippen LogP contribution in [0.1, 0.15) is 59.7 Å². The van der Waals surface area contributed by atoms with E-state index in [0.29, 0.717) is 5.56 Å². The van der Waals surface area contributed by atoms with Crippen LogP contribution in [-0.4, -0.2) is 35.1 Å². The van der Waals surface area contributed by atoms with Crippen molar-refractivity contribution in [2.75, 3.05) is 13.1 Å². The molecule has 2 aliphatic rings. The van der Waals surface area contributed by atoms with Crippen molar-refractivity contribution in [3.63, 3.8) is 0 Å². The Bertz CT molecular complexity index is 1190. The summed E-state index contributed by atoms with van der Waals surface area (Å²) in [5.41, 5.74) is 5.61. The van der Waals surface area contributed by atoms with Gasteiger partial charge in [0.1, 0.15) is 17.7 Å². The third-order valence-corrected chi connectivity index (χ3v) is 7.00. The Morgan fingerprint density at radius 2 is 1.59 bits per heavy atom. The number of Topliss-reactive ketones (excluding diaryl/α,β-unsaturated/α-hetero) is 1. The monoisotopic (exact) mass is 453 g/mol. The molecule has 1 heterocycles. The first-order chi connectivity index (χ1) is 16.6. The molecular weight excluding hydrogens is 422 g/mol. The van der Waals surface area contributed by atoms with E-state index in [2.05, 4.69) is 17.9 Å². The van der Waals surface area contributed by atoms with Gasteiger partial charge in [0.25, 0.3) is 0 Å². The number of ketones is 1. The van der Waals surface area contributed by atoms with Crippen molar-refractivity contribution in [3.8, 4) is 11.5 Å². The molecule has 34 heavy (non-hydrogen) atoms. The lowest BCUT2D eigenvalue weighted by Crippen LogP contribution is -2.40. The van der Waals surface area contributed by atoms with Crippen LogP contribution >= 0.6 is 0 Å². The van der Waals surface area contributed by atoms with Crippen LogP contribution in [0.15, 0.2) is 72.8 Å². The van der Waals surface area contributed by atoms with Gasteiger partial charge in [0, 0.05) is 24.2 Å². The fraction of sp³-hybridized carbons (Fsp3) is 0.300. The number of ether oxygens (including phenoxy) is 1. The zero-order chi connectivity index (χ0) is 23.5. The van der Waals surface area contributed by atoms with Gasteiger partial charge in [-0.1, -0.05) is 42.8 Å². The van der Waals surface area contributed by atoms with E-state index in [4.69, 9.17) is 4.74 Å². The standard InChI is InChI=1S/C30H31NO3/c1-21(31-19-5-2-6-20-31)34-26-16-11-24(12-17-26)30(33)29-27-8-4-3-7-22(27)13-18-28(29)23-9-14-25(32)15-10-23/h3-4,7-12,14-17,21,32H,2,5-6,13,18-20H2,1H3. The van der Waals surface area contributed by atoms with E-state index in [9.17, 15) is 9.90 Å². The van der Waals surface area contributed by atoms with Gasteiger partial charge in [-0.3, -0.25) is 9.69 Å². The molecule has 3 aromatic rings. The molecule has 1 aliphatic heterocycles. The molecule has 0 aromatic heterocycles. The van der Waals surface area contributed by atoms with Crippen LogP contribution in [0.2, 0.25) is 0 Å². The van der Waals surface area contributed by atoms with Gasteiger partial charge in [-0.25, -0.2) is 0 Å². The van der Waals surface area contributed by atoms with Gasteiger partial charge >= 0.3 is 0 Å². The molecule has 5 rings (SSSR count). The fourth-order valence-corrected chi connectivity index (χ4v) is 5.12. The van der Waals surface area contributed by atoms with Crippen LogP contribution < -0.4 is 4.74 Å². The molecule has 4 heteroatoms. The van der Waals surface area contributed by atoms with Gasteiger partial charge in [-0.2, -0.15) is 0 Å². The number of carbonyl (C=O) groups excluding carboxylic acids is 1. The van der Waals surface area contributed by atoms with Crippen molar-refractivity contribution in [2.45, 2.75) is 45.3 Å². The molecule has 174 valence electrons. The highest BCUT2D eigenvalue weighted by molar-refractivity contribution is 6.35. The molecule has 4 nitrogen and oxygen atoms in total. The number of piperidine rings is 1. The lowest BCUT2D eigenvalue weighted by molar-refractivity contribution is 0.0262. The quantitative estimate of drug-likeness (QED) is 0.442. The molecule has 1 N–H and O–H groups in total. The highest BCUT2D eigenvalue weighted by Crippen LogP contribution is 2.39. The number of fused-ring (bicyclic) bond motifs is 1. The van der Waals surface area contributed by atoms with Crippen LogP contribution in [0.4, 0.5) is 0 Å². The number of aryl methyl sites for hydroxylation is 1. The second-order valence-corrected chi connectivity index (χ2v) is 9.22. The molecule has 1 aliphatic carbocycles. The lowest BCUT2D eigenvalue weighted by Gasteiger charge is -2.32. The minimum absolute atomic E-state index is 0.0193. The zero-order valence-corrected chi connectivity index (χ0v) is 19.7. The lowest BCUT2D eigenvalue weighted by atomic mass is 9.79. The number of aromatic hydroxyl groups is 1. The van der Waals surface area contributed by atoms with E-state index in [1.807, 2.05) is 54.6 Å². The Balaban J connectivity index is 1.44. The van der Waals surface area contributed by atoms with Gasteiger partial charge in [0.05, 0.1) is 0 Å². The third-order valence-electron chi connectivity index (χ3n) is 7.00. The van der Waals surface area contributed by atoms with Gasteiger partial charge in [0.2, 0.25) is 0 Å². The molecule has 1 fully saturated rings. The molecule has 1 unspecified atom stereocenters. The van der Waals surface area contributed by atoms with Crippen LogP contribution in [0.25, 0.3) is 11.1 Å². The van der Waals surface area contributed by atoms with E-state index in [1.54, 1.807) is 12.1 Å². The zero-order valence-electron chi connectivity index (χ0n) is 19.7. The summed E-state index contributed by atoms with van der Waals surface area (Å²) in [4.78, 5) is 16.2. The normalized spacial score (nSPS) is 17.2. The number of allylic oxidation sites excluding steroid dienone is 2. The Kier molecular flexibility index (Phi) is 6.50. The largest absolute Gasteiger partial charge is 0.508 e. The van der Waals surface area contributed by atoms with E-state index >= 15 is 0 Å². The highest BCUT2D eigenvalue weighted by Gasteiger charge is 2.26. The molecule has 0 radical (unpaired) electrons. The summed E-state index contributed by atoms with van der Waals surface area (Å²) in [6, 6.07) is 22.9. The molecule has 3 aromatic carbocycles. The van der Waals surface area contributed by atoms with Crippen molar-refractivity contribution in [2.24, 2.45) is 0 Å². The smallest absolute Gasteiger partial charge is 0.193 e. The van der Waals surface area contributed by atoms with E-state index < -0.39 is 0 Å². The summed E-state index contributed by atoms with van der Waals surface area (Å²) in [5, 5.41) is 9.74. The average Bonchev–Trinajstić information content (AvgIpc) is 2.89. The van der Waals surface area contributed by atoms with E-state index in [0.717, 1.165) is 54.0 Å². The van der Waals surface area contributed by atoms with Crippen molar-refractivity contribution >= 4 is 16.9 Å². The second kappa shape index (κ2) is 9.86. The average molecular weight is 454 g/mol. The minimum Gasteiger partial charge on any atom is -0.508 e. The van der Waals surface area contributed by atoms with Gasteiger partial charge in [-0.15, -0.1) is 0 Å². The summed E-state index contributed by atoms with van der Waals surface area (Å²) in [7, 11) is 0. The van der Waals surface area contributed by atoms with Crippen LogP contribution in [0.3, 0.4) is 0 Å². The summed E-state index contributed by atoms with van der Waals surface area (Å²) in [5.74, 6) is 1.03. The van der Waals surface area contributed by atoms with Crippen LogP contribution in [0.5, 0.6) is 11.5 Å². The summed E-state index contributed by atoms with van der Waals surface area (Å²) < 4.78 is 6.17. The van der Waals surface area contributed by atoms with Crippen LogP contribution in [0, 0.1) is 0 Å². The number of phenols is 1. The minimum atomic E-state index is 0.0193. The Morgan fingerprint density at radius 3 is 2.32 bits per heavy atom. The first-order valence-corrected chi connectivity index (χ1v) is 12.3. The molecule has 0 saturated carbocycles. The Morgan fingerprint density at radius 1 is 0.882 bits per heavy atom. The number of phenolic OH excluding ortho intramolecular Hbond substituents is 1. The topological polar surface area (TPSA) is 49.8 Å². The van der Waals surface area contributed by atoms with Crippen molar-refractivity contribution in [1.82, 2.24) is 4.90 Å². The van der Waals surface area contributed by atoms with Crippen LogP contribution in [-0.2, 0) is 6.42 Å². The third kappa shape index (κ3) is 4.64. The molecule has 1 atom stereocenters. The van der Waals surface area contributed by atoms with Crippen molar-refractivity contribution in [1.29, 1.82) is 0 Å². The predicted molar refractivity (Wildman–Crippen MR) is 136 cm³/mol. The molecule has 0 amide bonds. The number of rotatable bonds is 6. The summed E-state index contributed by atoms with van der Waals surface area (Å²) in [6.45, 7) is 4.24. The SMILES string of the molecule is CC(Oc1ccc(C(=O)C2=C(c3ccc(O)cc3)CCc3ccccc32)cc1)N1CCCCC1. The highest BCUT2D eigenvalue weighted by atomic mass is 16.5. The fourth-order valence-electron chi connectivity index (χ4n) is 5.12. The van der Waals surface area contributed by atoms with Crippen molar-refractivity contribution < 1.29 is 14.6 Å². The first kappa shape index (κ1) is 22.4. The molecule has 1 saturated heterocycles. The summed E-state index contributed by atoms with van der Waals surface area (Å²) in [6.07, 6.45) is 5.45. The maximum absolute atomic E-state index is 13.8. The number of hydrogen-bond acceptors (Lipinski definition) is 4. The van der Waals surface area contributed by atoms with Gasteiger partial charge < -0.3 is 9.84 Å². The number of likely N-dealkylation sites (tertiary alicyclic amines) is 1. The Hall–Kier alpha value is -3.37. The number of benzene rings is 3. The maximum Gasteiger partial charge on any atom is 0.193 e. The Labute approximate surface area is 201 Å². The number of hydrogen-bond donors (Lipinski definition) is 1. The molecular formula is C30H31NO3. The number of nitrogens with zero attached hydrogens (tertiary/aromatic N) is 1. The van der Waals surface area contributed by atoms with Gasteiger partial charge in [-0.05, 0) is 91.3 Å². The predicted octanol–water partition coefficient (Wildman–Crippen LogP) is 6.34. The summed E-state index contributed by atoms with van der Waals surface area (Å²) >= 11 is 0. The van der Waals surface area contributed by atoms with Crippen molar-refractivity contribution in [3.05, 3.63) is 95.1 Å². The van der Waals surface area contributed by atoms with E-state index in [1.165, 1.54) is 24.8 Å². The van der Waals surface area contributed by atoms with Gasteiger partial charge in [0.15, 0.2) is 5.78 Å². The molecule has 0 bridgehead atoms. The second-order valence-electron chi connectivity index (χ2n) is 9.22. The van der Waals surface area contributed by atoms with E-state index in [-0.39, 0.29) is 17.8 Å². The molecule has 0 spiro atoms.